The lowest BCUT2D eigenvalue weighted by molar-refractivity contribution is -0.160. The fraction of sp³-hybridized carbons (Fsp3) is 0.368. The van der Waals surface area contributed by atoms with Crippen LogP contribution in [0.25, 0.3) is 10.8 Å². The summed E-state index contributed by atoms with van der Waals surface area (Å²) in [7, 11) is 0. The molecule has 1 fully saturated rings. The number of benzene rings is 2. The molecule has 1 heterocycles. The van der Waals surface area contributed by atoms with Gasteiger partial charge in [-0.05, 0) is 29.7 Å². The van der Waals surface area contributed by atoms with E-state index in [1.807, 2.05) is 42.5 Å². The normalized spacial score (nSPS) is 21.1. The van der Waals surface area contributed by atoms with Crippen LogP contribution in [-0.4, -0.2) is 30.6 Å². The summed E-state index contributed by atoms with van der Waals surface area (Å²) < 4.78 is 11.0. The van der Waals surface area contributed by atoms with Gasteiger partial charge in [-0.1, -0.05) is 36.4 Å². The first-order valence-corrected chi connectivity index (χ1v) is 7.94. The van der Waals surface area contributed by atoms with Crippen LogP contribution < -0.4 is 0 Å². The Morgan fingerprint density at radius 2 is 1.96 bits per heavy atom. The molecule has 2 aromatic carbocycles. The first-order chi connectivity index (χ1) is 11.1. The summed E-state index contributed by atoms with van der Waals surface area (Å²) in [4.78, 5) is 23.8. The molecule has 4 nitrogen and oxygen atoms in total. The van der Waals surface area contributed by atoms with Crippen LogP contribution >= 0.6 is 0 Å². The summed E-state index contributed by atoms with van der Waals surface area (Å²) >= 11 is 0. The number of carbonyl (C=O) groups is 2. The Balaban J connectivity index is 1.74. The van der Waals surface area contributed by atoms with Crippen LogP contribution in [0, 0.1) is 0 Å². The molecule has 0 bridgehead atoms. The highest BCUT2D eigenvalue weighted by molar-refractivity contribution is 6.00. The van der Waals surface area contributed by atoms with Gasteiger partial charge in [-0.2, -0.15) is 0 Å². The second kappa shape index (κ2) is 6.92. The van der Waals surface area contributed by atoms with Crippen molar-refractivity contribution in [2.45, 2.75) is 38.4 Å². The summed E-state index contributed by atoms with van der Waals surface area (Å²) in [6.45, 7) is 1.99. The van der Waals surface area contributed by atoms with Crippen LogP contribution in [-0.2, 0) is 14.3 Å². The second-order valence-electron chi connectivity index (χ2n) is 5.89. The zero-order chi connectivity index (χ0) is 16.2. The van der Waals surface area contributed by atoms with Crippen molar-refractivity contribution in [1.82, 2.24) is 0 Å². The fourth-order valence-corrected chi connectivity index (χ4v) is 3.01. The van der Waals surface area contributed by atoms with Gasteiger partial charge in [0.2, 0.25) is 0 Å². The van der Waals surface area contributed by atoms with E-state index in [2.05, 4.69) is 0 Å². The predicted molar refractivity (Wildman–Crippen MR) is 87.4 cm³/mol. The summed E-state index contributed by atoms with van der Waals surface area (Å²) in [5.74, 6) is -0.316. The fourth-order valence-electron chi connectivity index (χ4n) is 3.01. The zero-order valence-electron chi connectivity index (χ0n) is 13.2. The lowest BCUT2D eigenvalue weighted by atomic mass is 9.96. The van der Waals surface area contributed by atoms with Crippen molar-refractivity contribution in [3.8, 4) is 0 Å². The Labute approximate surface area is 135 Å². The van der Waals surface area contributed by atoms with Crippen molar-refractivity contribution < 1.29 is 19.1 Å². The van der Waals surface area contributed by atoms with Gasteiger partial charge in [0.25, 0.3) is 0 Å². The largest absolute Gasteiger partial charge is 0.460 e. The van der Waals surface area contributed by atoms with Crippen molar-refractivity contribution in [3.05, 3.63) is 48.0 Å². The molecule has 0 amide bonds. The number of ketones is 1. The van der Waals surface area contributed by atoms with Gasteiger partial charge in [0.1, 0.15) is 12.2 Å². The molecule has 2 aromatic rings. The van der Waals surface area contributed by atoms with Gasteiger partial charge in [0.15, 0.2) is 5.78 Å². The van der Waals surface area contributed by atoms with E-state index in [0.29, 0.717) is 12.2 Å². The van der Waals surface area contributed by atoms with E-state index < -0.39 is 0 Å². The van der Waals surface area contributed by atoms with Crippen molar-refractivity contribution in [2.75, 3.05) is 6.61 Å². The SMILES string of the molecule is CC(=O)O[C@H]1CCCO[C@H]1CC(=O)c1ccc2ccccc2c1. The quantitative estimate of drug-likeness (QED) is 0.640. The van der Waals surface area contributed by atoms with Crippen LogP contribution in [0.3, 0.4) is 0 Å². The van der Waals surface area contributed by atoms with E-state index in [4.69, 9.17) is 9.47 Å². The van der Waals surface area contributed by atoms with Crippen LogP contribution in [0.4, 0.5) is 0 Å². The number of carbonyl (C=O) groups excluding carboxylic acids is 2. The van der Waals surface area contributed by atoms with Crippen LogP contribution in [0.15, 0.2) is 42.5 Å². The average molecular weight is 312 g/mol. The van der Waals surface area contributed by atoms with Gasteiger partial charge in [0, 0.05) is 25.5 Å². The molecule has 0 aromatic heterocycles. The molecule has 0 unspecified atom stereocenters. The van der Waals surface area contributed by atoms with Crippen molar-refractivity contribution >= 4 is 22.5 Å². The minimum absolute atomic E-state index is 0.0137. The van der Waals surface area contributed by atoms with E-state index in [0.717, 1.165) is 23.6 Å². The van der Waals surface area contributed by atoms with Gasteiger partial charge < -0.3 is 9.47 Å². The minimum atomic E-state index is -0.355. The maximum Gasteiger partial charge on any atom is 0.302 e. The monoisotopic (exact) mass is 312 g/mol. The third-order valence-electron chi connectivity index (χ3n) is 4.15. The van der Waals surface area contributed by atoms with Gasteiger partial charge in [0.05, 0.1) is 0 Å². The maximum atomic E-state index is 12.6. The van der Waals surface area contributed by atoms with E-state index in [1.54, 1.807) is 0 Å². The standard InChI is InChI=1S/C19H20O4/c1-13(20)23-18-7-4-10-22-19(18)12-17(21)16-9-8-14-5-2-3-6-15(14)11-16/h2-3,5-6,8-9,11,18-19H,4,7,10,12H2,1H3/t18-,19-/m0/s1. The Morgan fingerprint density at radius 3 is 2.74 bits per heavy atom. The topological polar surface area (TPSA) is 52.6 Å². The van der Waals surface area contributed by atoms with E-state index in [-0.39, 0.29) is 30.4 Å². The molecule has 4 heteroatoms. The predicted octanol–water partition coefficient (Wildman–Crippen LogP) is 3.52. The molecule has 0 N–H and O–H groups in total. The molecule has 0 saturated carbocycles. The van der Waals surface area contributed by atoms with Gasteiger partial charge in [-0.25, -0.2) is 0 Å². The molecule has 0 spiro atoms. The molecular formula is C19H20O4. The average Bonchev–Trinajstić information content (AvgIpc) is 2.55. The van der Waals surface area contributed by atoms with Crippen LogP contribution in [0.5, 0.6) is 0 Å². The summed E-state index contributed by atoms with van der Waals surface area (Å²) in [6, 6.07) is 13.6. The zero-order valence-corrected chi connectivity index (χ0v) is 13.2. The Hall–Kier alpha value is -2.20. The van der Waals surface area contributed by atoms with Gasteiger partial charge in [-0.15, -0.1) is 0 Å². The smallest absolute Gasteiger partial charge is 0.302 e. The molecule has 1 aliphatic rings. The first-order valence-electron chi connectivity index (χ1n) is 7.94. The van der Waals surface area contributed by atoms with Crippen molar-refractivity contribution in [3.63, 3.8) is 0 Å². The lowest BCUT2D eigenvalue weighted by Gasteiger charge is -2.30. The summed E-state index contributed by atoms with van der Waals surface area (Å²) in [5, 5.41) is 2.15. The van der Waals surface area contributed by atoms with Crippen LogP contribution in [0.1, 0.15) is 36.5 Å². The van der Waals surface area contributed by atoms with Gasteiger partial charge in [-0.3, -0.25) is 9.59 Å². The Bertz CT molecular complexity index is 722. The highest BCUT2D eigenvalue weighted by Crippen LogP contribution is 2.23. The van der Waals surface area contributed by atoms with E-state index in [9.17, 15) is 9.59 Å². The molecule has 23 heavy (non-hydrogen) atoms. The van der Waals surface area contributed by atoms with Gasteiger partial charge >= 0.3 is 5.97 Å². The third-order valence-corrected chi connectivity index (χ3v) is 4.15. The number of fused-ring (bicyclic) bond motifs is 1. The van der Waals surface area contributed by atoms with Crippen molar-refractivity contribution in [2.24, 2.45) is 0 Å². The molecule has 120 valence electrons. The number of hydrogen-bond donors (Lipinski definition) is 0. The number of Topliss-reactive ketones (excluding diaryl/α,β-unsaturated/α-hetero) is 1. The summed E-state index contributed by atoms with van der Waals surface area (Å²) in [5.41, 5.74) is 0.666. The molecule has 1 saturated heterocycles. The minimum Gasteiger partial charge on any atom is -0.460 e. The lowest BCUT2D eigenvalue weighted by Crippen LogP contribution is -2.38. The highest BCUT2D eigenvalue weighted by Gasteiger charge is 2.30. The Kier molecular flexibility index (Phi) is 4.72. The third kappa shape index (κ3) is 3.77. The van der Waals surface area contributed by atoms with E-state index >= 15 is 0 Å². The van der Waals surface area contributed by atoms with Crippen molar-refractivity contribution in [1.29, 1.82) is 0 Å². The molecule has 3 rings (SSSR count). The van der Waals surface area contributed by atoms with E-state index in [1.165, 1.54) is 6.92 Å². The molecule has 2 atom stereocenters. The summed E-state index contributed by atoms with van der Waals surface area (Å²) in [6.07, 6.45) is 1.14. The molecule has 1 aliphatic heterocycles. The number of ether oxygens (including phenoxy) is 2. The molecule has 0 aliphatic carbocycles. The maximum absolute atomic E-state index is 12.6. The highest BCUT2D eigenvalue weighted by atomic mass is 16.6. The molecule has 0 radical (unpaired) electrons. The Morgan fingerprint density at radius 1 is 1.17 bits per heavy atom. The second-order valence-corrected chi connectivity index (χ2v) is 5.89. The first kappa shape index (κ1) is 15.7. The number of esters is 1. The molecular weight excluding hydrogens is 292 g/mol. The number of rotatable bonds is 4. The van der Waals surface area contributed by atoms with Crippen LogP contribution in [0.2, 0.25) is 0 Å². The number of hydrogen-bond acceptors (Lipinski definition) is 4.